The molecule has 166 valence electrons. The molecule has 4 heterocycles. The van der Waals surface area contributed by atoms with Gasteiger partial charge in [0.05, 0.1) is 15.0 Å². The summed E-state index contributed by atoms with van der Waals surface area (Å²) in [4.78, 5) is 33.6. The lowest BCUT2D eigenvalue weighted by atomic mass is 10.1. The molecule has 0 saturated carbocycles. The lowest BCUT2D eigenvalue weighted by Crippen LogP contribution is -2.23. The van der Waals surface area contributed by atoms with Crippen LogP contribution >= 0.6 is 34.4 Å². The van der Waals surface area contributed by atoms with Crippen LogP contribution in [-0.2, 0) is 4.79 Å². The lowest BCUT2D eigenvalue weighted by molar-refractivity contribution is -0.117. The summed E-state index contributed by atoms with van der Waals surface area (Å²) in [6, 6.07) is 15.3. The Labute approximate surface area is 203 Å². The van der Waals surface area contributed by atoms with Crippen molar-refractivity contribution in [2.75, 3.05) is 11.4 Å². The molecule has 1 unspecified atom stereocenters. The van der Waals surface area contributed by atoms with Crippen LogP contribution in [0.4, 0.5) is 5.69 Å². The van der Waals surface area contributed by atoms with Gasteiger partial charge in [0.25, 0.3) is 0 Å². The van der Waals surface area contributed by atoms with Crippen LogP contribution in [0.1, 0.15) is 30.1 Å². The Balaban J connectivity index is 1.35. The Kier molecular flexibility index (Phi) is 6.34. The van der Waals surface area contributed by atoms with E-state index in [0.717, 1.165) is 39.8 Å². The fourth-order valence-electron chi connectivity index (χ4n) is 3.70. The summed E-state index contributed by atoms with van der Waals surface area (Å²) < 4.78 is 0. The third-order valence-corrected chi connectivity index (χ3v) is 8.07. The second-order valence-corrected chi connectivity index (χ2v) is 10.8. The molecule has 1 aliphatic heterocycles. The smallest absolute Gasteiger partial charge is 0.227 e. The van der Waals surface area contributed by atoms with E-state index in [-0.39, 0.29) is 16.9 Å². The van der Waals surface area contributed by atoms with E-state index in [0.29, 0.717) is 17.1 Å². The van der Waals surface area contributed by atoms with E-state index >= 15 is 0 Å². The Morgan fingerprint density at radius 2 is 1.70 bits per heavy atom. The molecule has 0 N–H and O–H groups in total. The quantitative estimate of drug-likeness (QED) is 0.239. The number of hydrogen-bond donors (Lipinski definition) is 0. The molecule has 1 atom stereocenters. The number of thioether (sulfide) groups is 1. The van der Waals surface area contributed by atoms with Gasteiger partial charge in [0.1, 0.15) is 11.4 Å². The van der Waals surface area contributed by atoms with Crippen molar-refractivity contribution in [3.63, 3.8) is 0 Å². The number of rotatable bonds is 7. The minimum Gasteiger partial charge on any atom is -0.312 e. The molecule has 6 nitrogen and oxygen atoms in total. The van der Waals surface area contributed by atoms with Crippen LogP contribution in [0, 0.1) is 0 Å². The number of hydrogen-bond acceptors (Lipinski definition) is 8. The van der Waals surface area contributed by atoms with Gasteiger partial charge in [0, 0.05) is 24.2 Å². The number of carbonyl (C=O) groups excluding carboxylic acids is 2. The highest BCUT2D eigenvalue weighted by Crippen LogP contribution is 2.35. The second-order valence-electron chi connectivity index (χ2n) is 7.57. The van der Waals surface area contributed by atoms with Crippen molar-refractivity contribution in [3.8, 4) is 21.1 Å². The van der Waals surface area contributed by atoms with Gasteiger partial charge >= 0.3 is 0 Å². The third-order valence-electron chi connectivity index (χ3n) is 5.36. The van der Waals surface area contributed by atoms with Crippen LogP contribution in [0.5, 0.6) is 0 Å². The Hall–Kier alpha value is -2.88. The maximum atomic E-state index is 13.0. The SMILES string of the molecule is CC(Sc1nnc(-c2cccs2)c(-c2cccs2)n1)C(=O)c1ccc(N2CCCC2=O)cc1. The largest absolute Gasteiger partial charge is 0.312 e. The van der Waals surface area contributed by atoms with Gasteiger partial charge in [0.15, 0.2) is 5.78 Å². The number of nitrogens with zero attached hydrogens (tertiary/aromatic N) is 4. The molecule has 3 aromatic heterocycles. The van der Waals surface area contributed by atoms with Crippen molar-refractivity contribution >= 4 is 51.8 Å². The number of carbonyl (C=O) groups is 2. The molecular formula is C24H20N4O2S3. The molecule has 1 aliphatic rings. The summed E-state index contributed by atoms with van der Waals surface area (Å²) in [5, 5.41) is 12.9. The average Bonchev–Trinajstić information content (AvgIpc) is 3.61. The highest BCUT2D eigenvalue weighted by molar-refractivity contribution is 8.00. The maximum absolute atomic E-state index is 13.0. The molecule has 1 saturated heterocycles. The van der Waals surface area contributed by atoms with Crippen molar-refractivity contribution < 1.29 is 9.59 Å². The highest BCUT2D eigenvalue weighted by atomic mass is 32.2. The van der Waals surface area contributed by atoms with Gasteiger partial charge < -0.3 is 4.90 Å². The highest BCUT2D eigenvalue weighted by Gasteiger charge is 2.23. The monoisotopic (exact) mass is 492 g/mol. The zero-order valence-electron chi connectivity index (χ0n) is 17.8. The van der Waals surface area contributed by atoms with E-state index in [1.54, 1.807) is 39.7 Å². The van der Waals surface area contributed by atoms with Crippen molar-refractivity contribution in [2.24, 2.45) is 0 Å². The van der Waals surface area contributed by atoms with Crippen LogP contribution in [0.25, 0.3) is 21.1 Å². The van der Waals surface area contributed by atoms with Crippen molar-refractivity contribution in [3.05, 3.63) is 64.9 Å². The zero-order valence-corrected chi connectivity index (χ0v) is 20.3. The molecular weight excluding hydrogens is 472 g/mol. The normalized spacial score (nSPS) is 14.6. The first-order valence-electron chi connectivity index (χ1n) is 10.5. The van der Waals surface area contributed by atoms with Gasteiger partial charge in [0.2, 0.25) is 11.1 Å². The summed E-state index contributed by atoms with van der Waals surface area (Å²) >= 11 is 4.50. The van der Waals surface area contributed by atoms with Crippen LogP contribution in [0.15, 0.2) is 64.4 Å². The molecule has 1 amide bonds. The molecule has 0 radical (unpaired) electrons. The van der Waals surface area contributed by atoms with E-state index in [1.165, 1.54) is 11.8 Å². The molecule has 5 rings (SSSR count). The summed E-state index contributed by atoms with van der Waals surface area (Å²) in [7, 11) is 0. The number of aromatic nitrogens is 3. The van der Waals surface area contributed by atoms with Crippen LogP contribution in [0.2, 0.25) is 0 Å². The lowest BCUT2D eigenvalue weighted by Gasteiger charge is -2.16. The van der Waals surface area contributed by atoms with Gasteiger partial charge in [-0.2, -0.15) is 0 Å². The minimum absolute atomic E-state index is 0.0112. The molecule has 0 bridgehead atoms. The van der Waals surface area contributed by atoms with Gasteiger partial charge in [-0.3, -0.25) is 9.59 Å². The van der Waals surface area contributed by atoms with Gasteiger partial charge in [-0.1, -0.05) is 23.9 Å². The van der Waals surface area contributed by atoms with Crippen molar-refractivity contribution in [2.45, 2.75) is 30.2 Å². The first-order chi connectivity index (χ1) is 16.1. The topological polar surface area (TPSA) is 76.1 Å². The minimum atomic E-state index is -0.380. The van der Waals surface area contributed by atoms with Crippen molar-refractivity contribution in [1.82, 2.24) is 15.2 Å². The first kappa shape index (κ1) is 21.9. The van der Waals surface area contributed by atoms with E-state index in [1.807, 2.05) is 54.1 Å². The van der Waals surface area contributed by atoms with Gasteiger partial charge in [-0.05, 0) is 60.5 Å². The molecule has 1 aromatic carbocycles. The predicted molar refractivity (Wildman–Crippen MR) is 134 cm³/mol. The molecule has 4 aromatic rings. The molecule has 9 heteroatoms. The van der Waals surface area contributed by atoms with E-state index in [9.17, 15) is 9.59 Å². The Morgan fingerprint density at radius 1 is 1.00 bits per heavy atom. The fraction of sp³-hybridized carbons (Fsp3) is 0.208. The summed E-state index contributed by atoms with van der Waals surface area (Å²) in [6.07, 6.45) is 1.46. The first-order valence-corrected chi connectivity index (χ1v) is 13.2. The molecule has 0 aliphatic carbocycles. The van der Waals surface area contributed by atoms with Crippen LogP contribution in [0.3, 0.4) is 0 Å². The Morgan fingerprint density at radius 3 is 2.30 bits per heavy atom. The van der Waals surface area contributed by atoms with Crippen LogP contribution < -0.4 is 4.90 Å². The third kappa shape index (κ3) is 4.62. The fourth-order valence-corrected chi connectivity index (χ4v) is 5.91. The summed E-state index contributed by atoms with van der Waals surface area (Å²) in [5.74, 6) is 0.123. The van der Waals surface area contributed by atoms with Crippen molar-refractivity contribution in [1.29, 1.82) is 0 Å². The number of anilines is 1. The second kappa shape index (κ2) is 9.54. The number of amides is 1. The number of Topliss-reactive ketones (excluding diaryl/α,β-unsaturated/α-hetero) is 1. The van der Waals surface area contributed by atoms with E-state index in [2.05, 4.69) is 10.2 Å². The molecule has 1 fully saturated rings. The summed E-state index contributed by atoms with van der Waals surface area (Å²) in [6.45, 7) is 2.59. The Bertz CT molecular complexity index is 1270. The molecule has 33 heavy (non-hydrogen) atoms. The average molecular weight is 493 g/mol. The number of benzene rings is 1. The molecule has 0 spiro atoms. The zero-order chi connectivity index (χ0) is 22.8. The van der Waals surface area contributed by atoms with Gasteiger partial charge in [-0.15, -0.1) is 32.9 Å². The maximum Gasteiger partial charge on any atom is 0.227 e. The number of ketones is 1. The van der Waals surface area contributed by atoms with Crippen LogP contribution in [-0.4, -0.2) is 38.7 Å². The van der Waals surface area contributed by atoms with E-state index < -0.39 is 0 Å². The predicted octanol–water partition coefficient (Wildman–Crippen LogP) is 5.82. The van der Waals surface area contributed by atoms with Gasteiger partial charge in [-0.25, -0.2) is 4.98 Å². The number of thiophene rings is 2. The van der Waals surface area contributed by atoms with E-state index in [4.69, 9.17) is 4.98 Å². The standard InChI is InChI=1S/C24H20N4O2S3/c1-15(23(30)16-8-10-17(11-9-16)28-12-2-7-20(28)29)33-24-25-21(18-5-3-13-31-18)22(26-27-24)19-6-4-14-32-19/h3-6,8-11,13-15H,2,7,12H2,1H3. The summed E-state index contributed by atoms with van der Waals surface area (Å²) in [5.41, 5.74) is 2.98.